The smallest absolute Gasteiger partial charge is 0.286 e. The number of hydrogen-bond donors (Lipinski definition) is 0. The summed E-state index contributed by atoms with van der Waals surface area (Å²) in [6.45, 7) is 1.80. The van der Waals surface area contributed by atoms with Gasteiger partial charge in [-0.3, -0.25) is 4.79 Å². The Morgan fingerprint density at radius 3 is 2.40 bits per heavy atom. The van der Waals surface area contributed by atoms with E-state index in [4.69, 9.17) is 11.6 Å². The molecule has 80 valence electrons. The molecular formula is C11H12ClNOS. The first-order valence-electron chi connectivity index (χ1n) is 4.98. The van der Waals surface area contributed by atoms with Crippen molar-refractivity contribution in [2.45, 2.75) is 17.7 Å². The summed E-state index contributed by atoms with van der Waals surface area (Å²) in [4.78, 5) is 14.6. The first kappa shape index (κ1) is 10.8. The Morgan fingerprint density at radius 2 is 1.80 bits per heavy atom. The van der Waals surface area contributed by atoms with Crippen LogP contribution in [0.4, 0.5) is 4.79 Å². The van der Waals surface area contributed by atoms with E-state index in [2.05, 4.69) is 0 Å². The maximum atomic E-state index is 11.8. The summed E-state index contributed by atoms with van der Waals surface area (Å²) >= 11 is 7.05. The van der Waals surface area contributed by atoms with Crippen molar-refractivity contribution in [2.24, 2.45) is 0 Å². The van der Waals surface area contributed by atoms with Crippen LogP contribution >= 0.6 is 23.4 Å². The van der Waals surface area contributed by atoms with Gasteiger partial charge in [0, 0.05) is 23.0 Å². The fraction of sp³-hybridized carbons (Fsp3) is 0.364. The molecule has 0 N–H and O–H groups in total. The first-order chi connectivity index (χ1) is 7.25. The summed E-state index contributed by atoms with van der Waals surface area (Å²) in [5, 5.41) is 0.850. The molecule has 0 aromatic heterocycles. The van der Waals surface area contributed by atoms with E-state index in [9.17, 15) is 4.79 Å². The van der Waals surface area contributed by atoms with E-state index in [-0.39, 0.29) is 5.24 Å². The number of likely N-dealkylation sites (tertiary alicyclic amines) is 1. The number of thioether (sulfide) groups is 1. The maximum absolute atomic E-state index is 11.8. The van der Waals surface area contributed by atoms with Crippen molar-refractivity contribution in [1.29, 1.82) is 0 Å². The Kier molecular flexibility index (Phi) is 3.54. The van der Waals surface area contributed by atoms with E-state index < -0.39 is 0 Å². The molecule has 1 amide bonds. The van der Waals surface area contributed by atoms with Gasteiger partial charge in [0.2, 0.25) is 0 Å². The third kappa shape index (κ3) is 2.89. The molecule has 1 heterocycles. The summed E-state index contributed by atoms with van der Waals surface area (Å²) < 4.78 is 0. The molecule has 0 radical (unpaired) electrons. The summed E-state index contributed by atoms with van der Waals surface area (Å²) in [5.74, 6) is 0. The molecule has 1 saturated heterocycles. The van der Waals surface area contributed by atoms with Gasteiger partial charge in [-0.1, -0.05) is 11.6 Å². The predicted octanol–water partition coefficient (Wildman–Crippen LogP) is 3.65. The highest BCUT2D eigenvalue weighted by Crippen LogP contribution is 2.24. The number of benzene rings is 1. The van der Waals surface area contributed by atoms with Gasteiger partial charge >= 0.3 is 0 Å². The second kappa shape index (κ2) is 4.90. The van der Waals surface area contributed by atoms with Crippen LogP contribution in [0, 0.1) is 0 Å². The van der Waals surface area contributed by atoms with Gasteiger partial charge < -0.3 is 4.90 Å². The van der Waals surface area contributed by atoms with Crippen molar-refractivity contribution >= 4 is 28.6 Å². The summed E-state index contributed by atoms with van der Waals surface area (Å²) in [7, 11) is 0. The number of nitrogens with zero attached hydrogens (tertiary/aromatic N) is 1. The molecule has 1 aliphatic rings. The average molecular weight is 242 g/mol. The number of halogens is 1. The molecular weight excluding hydrogens is 230 g/mol. The first-order valence-corrected chi connectivity index (χ1v) is 6.17. The Labute approximate surface area is 98.6 Å². The molecule has 1 aromatic rings. The average Bonchev–Trinajstić information content (AvgIpc) is 2.74. The van der Waals surface area contributed by atoms with Crippen molar-refractivity contribution < 1.29 is 4.79 Å². The second-order valence-electron chi connectivity index (χ2n) is 3.52. The Balaban J connectivity index is 1.96. The Morgan fingerprint density at radius 1 is 1.20 bits per heavy atom. The van der Waals surface area contributed by atoms with Gasteiger partial charge in [-0.15, -0.1) is 0 Å². The molecule has 2 rings (SSSR count). The molecule has 0 saturated carbocycles. The SMILES string of the molecule is O=C(Sc1ccc(Cl)cc1)N1CCCC1. The molecule has 1 aromatic carbocycles. The van der Waals surface area contributed by atoms with Crippen molar-refractivity contribution in [3.63, 3.8) is 0 Å². The van der Waals surface area contributed by atoms with E-state index in [0.29, 0.717) is 5.02 Å². The molecule has 2 nitrogen and oxygen atoms in total. The molecule has 4 heteroatoms. The van der Waals surface area contributed by atoms with Gasteiger partial charge in [0.1, 0.15) is 0 Å². The van der Waals surface area contributed by atoms with E-state index in [1.54, 1.807) is 12.1 Å². The Hall–Kier alpha value is -0.670. The quantitative estimate of drug-likeness (QED) is 0.700. The number of rotatable bonds is 1. The van der Waals surface area contributed by atoms with Crippen molar-refractivity contribution in [1.82, 2.24) is 4.90 Å². The standard InChI is InChI=1S/C11H12ClNOS/c12-9-3-5-10(6-4-9)15-11(14)13-7-1-2-8-13/h3-6H,1-2,7-8H2. The molecule has 1 fully saturated rings. The lowest BCUT2D eigenvalue weighted by atomic mass is 10.4. The van der Waals surface area contributed by atoms with E-state index in [0.717, 1.165) is 30.8 Å². The van der Waals surface area contributed by atoms with Crippen LogP contribution in [0.25, 0.3) is 0 Å². The highest BCUT2D eigenvalue weighted by atomic mass is 35.5. The number of hydrogen-bond acceptors (Lipinski definition) is 2. The van der Waals surface area contributed by atoms with Gasteiger partial charge in [0.25, 0.3) is 5.24 Å². The van der Waals surface area contributed by atoms with Gasteiger partial charge in [0.15, 0.2) is 0 Å². The molecule has 0 unspecified atom stereocenters. The van der Waals surface area contributed by atoms with Crippen molar-refractivity contribution in [3.05, 3.63) is 29.3 Å². The van der Waals surface area contributed by atoms with Gasteiger partial charge in [-0.2, -0.15) is 0 Å². The molecule has 0 atom stereocenters. The molecule has 15 heavy (non-hydrogen) atoms. The van der Waals surface area contributed by atoms with Crippen LogP contribution in [0.3, 0.4) is 0 Å². The lowest BCUT2D eigenvalue weighted by molar-refractivity contribution is 0.233. The lowest BCUT2D eigenvalue weighted by Crippen LogP contribution is -2.23. The van der Waals surface area contributed by atoms with E-state index >= 15 is 0 Å². The number of carbonyl (C=O) groups excluding carboxylic acids is 1. The van der Waals surface area contributed by atoms with E-state index in [1.165, 1.54) is 11.8 Å². The monoisotopic (exact) mass is 241 g/mol. The maximum Gasteiger partial charge on any atom is 0.286 e. The predicted molar refractivity (Wildman–Crippen MR) is 63.5 cm³/mol. The van der Waals surface area contributed by atoms with Crippen LogP contribution in [-0.4, -0.2) is 23.2 Å². The summed E-state index contributed by atoms with van der Waals surface area (Å²) in [6, 6.07) is 7.37. The lowest BCUT2D eigenvalue weighted by Gasteiger charge is -2.13. The van der Waals surface area contributed by atoms with Crippen LogP contribution in [0.15, 0.2) is 29.2 Å². The molecule has 0 bridgehead atoms. The van der Waals surface area contributed by atoms with E-state index in [1.807, 2.05) is 17.0 Å². The molecule has 0 aliphatic carbocycles. The van der Waals surface area contributed by atoms with Crippen molar-refractivity contribution in [2.75, 3.05) is 13.1 Å². The van der Waals surface area contributed by atoms with Crippen LogP contribution < -0.4 is 0 Å². The molecule has 1 aliphatic heterocycles. The minimum Gasteiger partial charge on any atom is -0.333 e. The summed E-state index contributed by atoms with van der Waals surface area (Å²) in [6.07, 6.45) is 2.26. The highest BCUT2D eigenvalue weighted by Gasteiger charge is 2.18. The number of carbonyl (C=O) groups is 1. The topological polar surface area (TPSA) is 20.3 Å². The Bertz CT molecular complexity index is 346. The third-order valence-corrected chi connectivity index (χ3v) is 3.58. The molecule has 0 spiro atoms. The normalized spacial score (nSPS) is 15.7. The van der Waals surface area contributed by atoms with Crippen molar-refractivity contribution in [3.8, 4) is 0 Å². The minimum absolute atomic E-state index is 0.148. The van der Waals surface area contributed by atoms with Crippen LogP contribution in [0.5, 0.6) is 0 Å². The van der Waals surface area contributed by atoms with Gasteiger partial charge in [-0.05, 0) is 48.9 Å². The zero-order chi connectivity index (χ0) is 10.7. The van der Waals surface area contributed by atoms with Crippen LogP contribution in [-0.2, 0) is 0 Å². The van der Waals surface area contributed by atoms with Gasteiger partial charge in [0.05, 0.1) is 0 Å². The number of amides is 1. The fourth-order valence-electron chi connectivity index (χ4n) is 1.57. The summed E-state index contributed by atoms with van der Waals surface area (Å²) in [5.41, 5.74) is 0. The van der Waals surface area contributed by atoms with Gasteiger partial charge in [-0.25, -0.2) is 0 Å². The largest absolute Gasteiger partial charge is 0.333 e. The zero-order valence-corrected chi connectivity index (χ0v) is 9.85. The minimum atomic E-state index is 0.148. The highest BCUT2D eigenvalue weighted by molar-refractivity contribution is 8.13. The van der Waals surface area contributed by atoms with Crippen LogP contribution in [0.2, 0.25) is 5.02 Å². The third-order valence-electron chi connectivity index (χ3n) is 2.38. The fourth-order valence-corrected chi connectivity index (χ4v) is 2.48. The zero-order valence-electron chi connectivity index (χ0n) is 8.28. The van der Waals surface area contributed by atoms with Crippen LogP contribution in [0.1, 0.15) is 12.8 Å². The second-order valence-corrected chi connectivity index (χ2v) is 4.98.